The molecule has 0 unspecified atom stereocenters. The van der Waals surface area contributed by atoms with Gasteiger partial charge in [-0.3, -0.25) is 0 Å². The zero-order valence-electron chi connectivity index (χ0n) is 12.5. The second kappa shape index (κ2) is 6.71. The highest BCUT2D eigenvalue weighted by molar-refractivity contribution is 9.10. The molecule has 0 spiro atoms. The van der Waals surface area contributed by atoms with Crippen molar-refractivity contribution in [2.45, 2.75) is 10.8 Å². The van der Waals surface area contributed by atoms with Crippen molar-refractivity contribution in [1.82, 2.24) is 3.97 Å². The van der Waals surface area contributed by atoms with Crippen LogP contribution >= 0.6 is 43.5 Å². The molecule has 0 aliphatic rings. The fraction of sp³-hybridized carbons (Fsp3) is 0.125. The van der Waals surface area contributed by atoms with Crippen LogP contribution < -0.4 is 4.74 Å². The van der Waals surface area contributed by atoms with E-state index in [1.807, 2.05) is 6.07 Å². The van der Waals surface area contributed by atoms with E-state index in [0.29, 0.717) is 15.7 Å². The molecule has 1 heterocycles. The Hall–Kier alpha value is -1.02. The van der Waals surface area contributed by atoms with Gasteiger partial charge in [-0.05, 0) is 57.9 Å². The third kappa shape index (κ3) is 2.98. The van der Waals surface area contributed by atoms with Crippen molar-refractivity contribution in [2.75, 3.05) is 7.11 Å². The lowest BCUT2D eigenvalue weighted by molar-refractivity contribution is 0.414. The molecule has 0 aliphatic heterocycles. The fourth-order valence-corrected chi connectivity index (χ4v) is 5.45. The van der Waals surface area contributed by atoms with E-state index in [-0.39, 0.29) is 10.8 Å². The summed E-state index contributed by atoms with van der Waals surface area (Å²) in [5, 5.41) is 0.799. The maximum atomic E-state index is 13.1. The molecule has 0 aliphatic carbocycles. The van der Waals surface area contributed by atoms with Crippen molar-refractivity contribution in [2.24, 2.45) is 0 Å². The number of benzene rings is 2. The summed E-state index contributed by atoms with van der Waals surface area (Å²) in [6, 6.07) is 10.2. The number of rotatable bonds is 4. The van der Waals surface area contributed by atoms with E-state index in [1.54, 1.807) is 30.5 Å². The molecular weight excluding hydrogens is 482 g/mol. The average Bonchev–Trinajstić information content (AvgIpc) is 2.92. The van der Waals surface area contributed by atoms with Gasteiger partial charge in [-0.15, -0.1) is 11.6 Å². The van der Waals surface area contributed by atoms with Crippen LogP contribution in [0, 0.1) is 0 Å². The summed E-state index contributed by atoms with van der Waals surface area (Å²) >= 11 is 12.7. The Labute approximate surface area is 161 Å². The van der Waals surface area contributed by atoms with Gasteiger partial charge in [0.1, 0.15) is 10.6 Å². The van der Waals surface area contributed by atoms with E-state index in [2.05, 4.69) is 31.9 Å². The topological polar surface area (TPSA) is 48.3 Å². The van der Waals surface area contributed by atoms with Crippen LogP contribution in [0.1, 0.15) is 5.56 Å². The van der Waals surface area contributed by atoms with Gasteiger partial charge in [-0.25, -0.2) is 12.4 Å². The van der Waals surface area contributed by atoms with Gasteiger partial charge in [-0.1, -0.05) is 15.9 Å². The van der Waals surface area contributed by atoms with Crippen molar-refractivity contribution in [3.8, 4) is 5.75 Å². The molecule has 0 bridgehead atoms. The Balaban J connectivity index is 2.26. The van der Waals surface area contributed by atoms with Crippen LogP contribution in [0.3, 0.4) is 0 Å². The first kappa shape index (κ1) is 17.8. The monoisotopic (exact) mass is 491 g/mol. The summed E-state index contributed by atoms with van der Waals surface area (Å²) in [5.74, 6) is 0.794. The second-order valence-corrected chi connectivity index (χ2v) is 8.87. The molecular formula is C16H12Br2ClNO3S. The van der Waals surface area contributed by atoms with Crippen molar-refractivity contribution < 1.29 is 13.2 Å². The molecule has 3 aromatic rings. The maximum absolute atomic E-state index is 13.1. The van der Waals surface area contributed by atoms with E-state index in [9.17, 15) is 8.42 Å². The molecule has 8 heteroatoms. The zero-order chi connectivity index (χ0) is 17.5. The Morgan fingerprint density at radius 1 is 1.17 bits per heavy atom. The smallest absolute Gasteiger partial charge is 0.269 e. The summed E-state index contributed by atoms with van der Waals surface area (Å²) in [5.41, 5.74) is 1.33. The van der Waals surface area contributed by atoms with Crippen molar-refractivity contribution in [3.63, 3.8) is 0 Å². The number of hydrogen-bond acceptors (Lipinski definition) is 3. The summed E-state index contributed by atoms with van der Waals surface area (Å²) in [6.07, 6.45) is 1.57. The number of fused-ring (bicyclic) bond motifs is 1. The molecule has 0 N–H and O–H groups in total. The second-order valence-electron chi connectivity index (χ2n) is 5.05. The Morgan fingerprint density at radius 2 is 1.92 bits per heavy atom. The Morgan fingerprint density at radius 3 is 2.54 bits per heavy atom. The molecule has 24 heavy (non-hydrogen) atoms. The minimum absolute atomic E-state index is 0.157. The van der Waals surface area contributed by atoms with Crippen LogP contribution in [0.4, 0.5) is 0 Å². The summed E-state index contributed by atoms with van der Waals surface area (Å²) in [6.45, 7) is 0. The van der Waals surface area contributed by atoms with Gasteiger partial charge in [0, 0.05) is 26.4 Å². The predicted molar refractivity (Wildman–Crippen MR) is 102 cm³/mol. The molecule has 0 fully saturated rings. The van der Waals surface area contributed by atoms with Gasteiger partial charge in [-0.2, -0.15) is 0 Å². The van der Waals surface area contributed by atoms with Crippen LogP contribution in [-0.4, -0.2) is 19.5 Å². The van der Waals surface area contributed by atoms with E-state index in [4.69, 9.17) is 16.3 Å². The molecule has 2 aromatic carbocycles. The SMILES string of the molecule is COc1ccc(S(=O)(=O)n2cc(CCl)c3cc(Br)ccc32)c(Br)c1. The van der Waals surface area contributed by atoms with Gasteiger partial charge in [0.15, 0.2) is 0 Å². The lowest BCUT2D eigenvalue weighted by Gasteiger charge is -2.10. The lowest BCUT2D eigenvalue weighted by Crippen LogP contribution is -2.12. The maximum Gasteiger partial charge on any atom is 0.269 e. The first-order valence-electron chi connectivity index (χ1n) is 6.83. The Bertz CT molecular complexity index is 1030. The highest BCUT2D eigenvalue weighted by Gasteiger charge is 2.23. The zero-order valence-corrected chi connectivity index (χ0v) is 17.2. The van der Waals surface area contributed by atoms with Crippen molar-refractivity contribution in [1.29, 1.82) is 0 Å². The minimum Gasteiger partial charge on any atom is -0.497 e. The van der Waals surface area contributed by atoms with Gasteiger partial charge in [0.25, 0.3) is 10.0 Å². The van der Waals surface area contributed by atoms with E-state index in [0.717, 1.165) is 15.4 Å². The van der Waals surface area contributed by atoms with Crippen molar-refractivity contribution >= 4 is 64.4 Å². The third-order valence-corrected chi connectivity index (χ3v) is 7.07. The largest absolute Gasteiger partial charge is 0.497 e. The summed E-state index contributed by atoms with van der Waals surface area (Å²) in [7, 11) is -2.26. The highest BCUT2D eigenvalue weighted by Crippen LogP contribution is 2.33. The molecule has 3 rings (SSSR count). The van der Waals surface area contributed by atoms with E-state index in [1.165, 1.54) is 17.1 Å². The number of alkyl halides is 1. The first-order chi connectivity index (χ1) is 11.4. The molecule has 0 atom stereocenters. The van der Waals surface area contributed by atoms with Gasteiger partial charge < -0.3 is 4.74 Å². The number of ether oxygens (including phenoxy) is 1. The van der Waals surface area contributed by atoms with E-state index < -0.39 is 10.0 Å². The molecule has 1 aromatic heterocycles. The normalized spacial score (nSPS) is 11.8. The summed E-state index contributed by atoms with van der Waals surface area (Å²) < 4.78 is 33.9. The van der Waals surface area contributed by atoms with Crippen LogP contribution in [0.5, 0.6) is 5.75 Å². The number of halogens is 3. The Kier molecular flexibility index (Phi) is 4.97. The van der Waals surface area contributed by atoms with Crippen LogP contribution in [0.15, 0.2) is 56.4 Å². The van der Waals surface area contributed by atoms with Gasteiger partial charge in [0.05, 0.1) is 12.6 Å². The lowest BCUT2D eigenvalue weighted by atomic mass is 10.2. The quantitative estimate of drug-likeness (QED) is 0.473. The molecule has 0 radical (unpaired) electrons. The van der Waals surface area contributed by atoms with Crippen LogP contribution in [0.2, 0.25) is 0 Å². The third-order valence-electron chi connectivity index (χ3n) is 3.63. The predicted octanol–water partition coefficient (Wildman–Crippen LogP) is 5.15. The van der Waals surface area contributed by atoms with Crippen LogP contribution in [0.25, 0.3) is 10.9 Å². The van der Waals surface area contributed by atoms with Gasteiger partial charge in [0.2, 0.25) is 0 Å². The molecule has 0 saturated heterocycles. The standard InChI is InChI=1S/C16H12Br2ClNO3S/c1-23-12-3-5-16(14(18)7-12)24(21,22)20-9-10(8-19)13-6-11(17)2-4-15(13)20/h2-7,9H,8H2,1H3. The minimum atomic E-state index is -3.78. The molecule has 126 valence electrons. The number of hydrogen-bond donors (Lipinski definition) is 0. The first-order valence-corrected chi connectivity index (χ1v) is 10.4. The fourth-order valence-electron chi connectivity index (χ4n) is 2.47. The molecule has 0 saturated carbocycles. The number of aromatic nitrogens is 1. The van der Waals surface area contributed by atoms with Gasteiger partial charge >= 0.3 is 0 Å². The molecule has 4 nitrogen and oxygen atoms in total. The van der Waals surface area contributed by atoms with Crippen molar-refractivity contribution in [3.05, 3.63) is 57.1 Å². The molecule has 0 amide bonds. The summed E-state index contributed by atoms with van der Waals surface area (Å²) in [4.78, 5) is 0.157. The van der Waals surface area contributed by atoms with E-state index >= 15 is 0 Å². The van der Waals surface area contributed by atoms with Crippen LogP contribution in [-0.2, 0) is 15.9 Å². The highest BCUT2D eigenvalue weighted by atomic mass is 79.9. The number of nitrogens with zero attached hydrogens (tertiary/aromatic N) is 1. The number of methoxy groups -OCH3 is 1. The average molecular weight is 494 g/mol.